The van der Waals surface area contributed by atoms with E-state index in [0.717, 1.165) is 6.26 Å². The molecule has 0 saturated carbocycles. The Hall–Kier alpha value is -1.24. The van der Waals surface area contributed by atoms with E-state index in [1.54, 1.807) is 0 Å². The molecule has 1 fully saturated rings. The number of Topliss-reactive ketones (excluding diaryl/α,β-unsaturated/α-hetero) is 1. The first kappa shape index (κ1) is 8.85. The molecule has 6 nitrogen and oxygen atoms in total. The first-order valence-corrected chi connectivity index (χ1v) is 4.86. The lowest BCUT2D eigenvalue weighted by Crippen LogP contribution is -2.22. The van der Waals surface area contributed by atoms with Crippen LogP contribution in [0.3, 0.4) is 0 Å². The van der Waals surface area contributed by atoms with Crippen molar-refractivity contribution in [1.82, 2.24) is 5.32 Å². The predicted octanol–water partition coefficient (Wildman–Crippen LogP) is -1.57. The molecule has 12 heavy (non-hydrogen) atoms. The minimum absolute atomic E-state index is 0.104. The second-order valence-electron chi connectivity index (χ2n) is 2.33. The smallest absolute Gasteiger partial charge is 0.293 e. The van der Waals surface area contributed by atoms with E-state index < -0.39 is 21.7 Å². The number of carbonyl (C=O) groups is 2. The molecule has 7 heteroatoms. The molecule has 0 aliphatic carbocycles. The number of amides is 1. The fourth-order valence-corrected chi connectivity index (χ4v) is 1.24. The van der Waals surface area contributed by atoms with E-state index in [4.69, 9.17) is 0 Å². The molecule has 1 N–H and O–H groups in total. The zero-order valence-corrected chi connectivity index (χ0v) is 7.01. The highest BCUT2D eigenvalue weighted by Gasteiger charge is 2.26. The molecule has 0 bridgehead atoms. The number of nitrogens with zero attached hydrogens (tertiary/aromatic N) is 1. The Kier molecular flexibility index (Phi) is 1.97. The van der Waals surface area contributed by atoms with Gasteiger partial charge in [-0.05, 0) is 0 Å². The van der Waals surface area contributed by atoms with Gasteiger partial charge in [0.25, 0.3) is 15.9 Å². The average molecular weight is 190 g/mol. The number of sulfonamides is 1. The van der Waals surface area contributed by atoms with Gasteiger partial charge < -0.3 is 5.32 Å². The molecule has 66 valence electrons. The van der Waals surface area contributed by atoms with Crippen molar-refractivity contribution in [2.45, 2.75) is 6.42 Å². The summed E-state index contributed by atoms with van der Waals surface area (Å²) in [6.45, 7) is 0. The van der Waals surface area contributed by atoms with Crippen molar-refractivity contribution in [3.63, 3.8) is 0 Å². The topological polar surface area (TPSA) is 92.7 Å². The van der Waals surface area contributed by atoms with E-state index in [9.17, 15) is 18.0 Å². The van der Waals surface area contributed by atoms with Crippen molar-refractivity contribution in [3.05, 3.63) is 0 Å². The molecule has 1 saturated heterocycles. The summed E-state index contributed by atoms with van der Waals surface area (Å²) < 4.78 is 24.2. The Morgan fingerprint density at radius 1 is 1.42 bits per heavy atom. The van der Waals surface area contributed by atoms with Crippen molar-refractivity contribution < 1.29 is 18.0 Å². The van der Waals surface area contributed by atoms with Gasteiger partial charge in [0, 0.05) is 0 Å². The number of hydrogen-bond donors (Lipinski definition) is 1. The molecule has 0 aromatic heterocycles. The van der Waals surface area contributed by atoms with Crippen molar-refractivity contribution in [2.75, 3.05) is 6.26 Å². The lowest BCUT2D eigenvalue weighted by Gasteiger charge is -1.91. The summed E-state index contributed by atoms with van der Waals surface area (Å²) in [5.74, 6) is -1.58. The van der Waals surface area contributed by atoms with Crippen LogP contribution in [0.2, 0.25) is 0 Å². The van der Waals surface area contributed by atoms with Gasteiger partial charge in [-0.2, -0.15) is 0 Å². The predicted molar refractivity (Wildman–Crippen MR) is 40.0 cm³/mol. The third-order valence-corrected chi connectivity index (χ3v) is 1.67. The summed E-state index contributed by atoms with van der Waals surface area (Å²) in [6.07, 6.45) is 0.626. The van der Waals surface area contributed by atoms with Gasteiger partial charge in [0.1, 0.15) is 5.84 Å². The van der Waals surface area contributed by atoms with Crippen LogP contribution < -0.4 is 5.32 Å². The third kappa shape index (κ3) is 2.12. The number of hydrogen-bond acceptors (Lipinski definition) is 4. The summed E-state index contributed by atoms with van der Waals surface area (Å²) in [5, 5.41) is 2.04. The Balaban J connectivity index is 2.90. The van der Waals surface area contributed by atoms with E-state index in [2.05, 4.69) is 4.40 Å². The summed E-state index contributed by atoms with van der Waals surface area (Å²) in [7, 11) is -3.53. The molecular formula is C5H6N2O4S. The second kappa shape index (κ2) is 2.67. The largest absolute Gasteiger partial charge is 0.306 e. The molecule has 0 aromatic rings. The van der Waals surface area contributed by atoms with Gasteiger partial charge in [0.2, 0.25) is 5.78 Å². The molecule has 0 atom stereocenters. The molecule has 1 rings (SSSR count). The second-order valence-corrected chi connectivity index (χ2v) is 3.97. The molecular weight excluding hydrogens is 184 g/mol. The van der Waals surface area contributed by atoms with Gasteiger partial charge in [-0.3, -0.25) is 9.59 Å². The molecule has 0 spiro atoms. The van der Waals surface area contributed by atoms with Crippen molar-refractivity contribution in [3.8, 4) is 0 Å². The lowest BCUT2D eigenvalue weighted by molar-refractivity contribution is -0.134. The van der Waals surface area contributed by atoms with Crippen LogP contribution >= 0.6 is 0 Å². The molecule has 0 aromatic carbocycles. The Labute approximate surface area is 68.7 Å². The molecule has 1 aliphatic heterocycles. The Morgan fingerprint density at radius 3 is 2.33 bits per heavy atom. The highest BCUT2D eigenvalue weighted by atomic mass is 32.2. The van der Waals surface area contributed by atoms with Gasteiger partial charge in [-0.1, -0.05) is 0 Å². The minimum Gasteiger partial charge on any atom is -0.306 e. The third-order valence-electron chi connectivity index (χ3n) is 1.12. The number of carbonyl (C=O) groups excluding carboxylic acids is 2. The van der Waals surface area contributed by atoms with Gasteiger partial charge in [0.05, 0.1) is 12.7 Å². The number of rotatable bonds is 1. The zero-order chi connectivity index (χ0) is 9.35. The molecule has 0 radical (unpaired) electrons. The molecule has 1 heterocycles. The van der Waals surface area contributed by atoms with E-state index in [1.165, 1.54) is 0 Å². The lowest BCUT2D eigenvalue weighted by atomic mass is 10.3. The summed E-state index contributed by atoms with van der Waals surface area (Å²) in [4.78, 5) is 21.1. The number of ketones is 1. The number of nitrogens with one attached hydrogen (secondary N) is 1. The van der Waals surface area contributed by atoms with Crippen LogP contribution in [0.25, 0.3) is 0 Å². The maximum absolute atomic E-state index is 10.6. The summed E-state index contributed by atoms with van der Waals surface area (Å²) in [6, 6.07) is 0. The van der Waals surface area contributed by atoms with E-state index in [-0.39, 0.29) is 12.3 Å². The minimum atomic E-state index is -3.53. The van der Waals surface area contributed by atoms with Gasteiger partial charge in [0.15, 0.2) is 0 Å². The highest BCUT2D eigenvalue weighted by Crippen LogP contribution is 1.98. The van der Waals surface area contributed by atoms with E-state index >= 15 is 0 Å². The zero-order valence-electron chi connectivity index (χ0n) is 6.20. The van der Waals surface area contributed by atoms with Crippen molar-refractivity contribution >= 4 is 27.5 Å². The quantitative estimate of drug-likeness (QED) is 0.506. The molecule has 1 amide bonds. The maximum Gasteiger partial charge on any atom is 0.293 e. The fraction of sp³-hybridized carbons (Fsp3) is 0.400. The van der Waals surface area contributed by atoms with Crippen LogP contribution in [0.5, 0.6) is 0 Å². The Morgan fingerprint density at radius 2 is 2.00 bits per heavy atom. The fourth-order valence-electron chi connectivity index (χ4n) is 0.733. The van der Waals surface area contributed by atoms with Crippen LogP contribution in [0.15, 0.2) is 4.40 Å². The highest BCUT2D eigenvalue weighted by molar-refractivity contribution is 7.89. The summed E-state index contributed by atoms with van der Waals surface area (Å²) in [5.41, 5.74) is 0. The first-order chi connectivity index (χ1) is 5.38. The first-order valence-electron chi connectivity index (χ1n) is 3.01. The van der Waals surface area contributed by atoms with Crippen LogP contribution in [0.1, 0.15) is 6.42 Å². The monoisotopic (exact) mass is 190 g/mol. The van der Waals surface area contributed by atoms with Crippen LogP contribution in [-0.4, -0.2) is 32.2 Å². The summed E-state index contributed by atoms with van der Waals surface area (Å²) >= 11 is 0. The average Bonchev–Trinajstić information content (AvgIpc) is 2.07. The van der Waals surface area contributed by atoms with Crippen molar-refractivity contribution in [2.24, 2.45) is 4.40 Å². The number of amidine groups is 1. The van der Waals surface area contributed by atoms with Gasteiger partial charge >= 0.3 is 0 Å². The molecule has 0 unspecified atom stereocenters. The SMILES string of the molecule is CS(=O)(=O)N=C1CC(=O)C(=O)N1. The van der Waals surface area contributed by atoms with Crippen LogP contribution in [0.4, 0.5) is 0 Å². The van der Waals surface area contributed by atoms with E-state index in [1.807, 2.05) is 5.32 Å². The standard InChI is InChI=1S/C5H6N2O4S/c1-12(10,11)7-4-2-3(8)5(9)6-4/h2H2,1H3,(H,6,7,9). The van der Waals surface area contributed by atoms with Gasteiger partial charge in [-0.25, -0.2) is 8.42 Å². The van der Waals surface area contributed by atoms with Crippen LogP contribution in [0, 0.1) is 0 Å². The van der Waals surface area contributed by atoms with E-state index in [0.29, 0.717) is 0 Å². The normalized spacial score (nSPS) is 21.6. The van der Waals surface area contributed by atoms with Crippen LogP contribution in [-0.2, 0) is 19.6 Å². The Bertz CT molecular complexity index is 349. The maximum atomic E-state index is 10.6. The van der Waals surface area contributed by atoms with Crippen molar-refractivity contribution in [1.29, 1.82) is 0 Å². The van der Waals surface area contributed by atoms with Gasteiger partial charge in [-0.15, -0.1) is 4.40 Å². The molecule has 1 aliphatic rings.